The average molecular weight is 206 g/mol. The van der Waals surface area contributed by atoms with Gasteiger partial charge in [0.2, 0.25) is 0 Å². The van der Waals surface area contributed by atoms with Crippen LogP contribution in [0.1, 0.15) is 37.1 Å². The van der Waals surface area contributed by atoms with E-state index in [1.54, 1.807) is 11.6 Å². The van der Waals surface area contributed by atoms with Crippen LogP contribution < -0.4 is 0 Å². The third-order valence-electron chi connectivity index (χ3n) is 2.49. The molecule has 0 bridgehead atoms. The first-order valence-electron chi connectivity index (χ1n) is 5.19. The van der Waals surface area contributed by atoms with Crippen LogP contribution in [-0.2, 0) is 13.0 Å². The van der Waals surface area contributed by atoms with Gasteiger partial charge < -0.3 is 5.11 Å². The van der Waals surface area contributed by atoms with E-state index in [0.717, 1.165) is 24.2 Å². The Balaban J connectivity index is 2.26. The largest absolute Gasteiger partial charge is 0.391 e. The lowest BCUT2D eigenvalue weighted by atomic mass is 10.2. The Labute approximate surface area is 88.3 Å². The van der Waals surface area contributed by atoms with E-state index in [1.807, 2.05) is 0 Å². The van der Waals surface area contributed by atoms with Gasteiger partial charge in [-0.05, 0) is 19.8 Å². The Kier molecular flexibility index (Phi) is 2.69. The Bertz CT molecular complexity index is 387. The molecule has 5 heteroatoms. The standard InChI is InChI=1S/C10H14N4O/c1-7(15)6-14-10(8-2-3-8)9(4-5-11)12-13-14/h7-8,15H,2-4,6H2,1H3. The van der Waals surface area contributed by atoms with Crippen LogP contribution in [0.5, 0.6) is 0 Å². The van der Waals surface area contributed by atoms with E-state index >= 15 is 0 Å². The zero-order chi connectivity index (χ0) is 10.8. The minimum Gasteiger partial charge on any atom is -0.391 e. The molecular weight excluding hydrogens is 192 g/mol. The summed E-state index contributed by atoms with van der Waals surface area (Å²) >= 11 is 0. The van der Waals surface area contributed by atoms with Crippen molar-refractivity contribution >= 4 is 0 Å². The van der Waals surface area contributed by atoms with Gasteiger partial charge in [0, 0.05) is 5.92 Å². The molecule has 1 atom stereocenters. The lowest BCUT2D eigenvalue weighted by Crippen LogP contribution is -2.15. The SMILES string of the molecule is CC(O)Cn1nnc(CC#N)c1C1CC1. The quantitative estimate of drug-likeness (QED) is 0.782. The molecule has 1 aliphatic rings. The minimum atomic E-state index is -0.431. The molecule has 0 aromatic carbocycles. The van der Waals surface area contributed by atoms with Crippen LogP contribution in [0.15, 0.2) is 0 Å². The number of rotatable bonds is 4. The number of hydrogen-bond acceptors (Lipinski definition) is 4. The third-order valence-corrected chi connectivity index (χ3v) is 2.49. The highest BCUT2D eigenvalue weighted by molar-refractivity contribution is 5.22. The maximum atomic E-state index is 9.32. The van der Waals surface area contributed by atoms with Gasteiger partial charge in [0.15, 0.2) is 0 Å². The summed E-state index contributed by atoms with van der Waals surface area (Å²) in [6.45, 7) is 2.19. The predicted molar refractivity (Wildman–Crippen MR) is 53.0 cm³/mol. The molecule has 0 spiro atoms. The van der Waals surface area contributed by atoms with Crippen molar-refractivity contribution in [1.82, 2.24) is 15.0 Å². The fraction of sp³-hybridized carbons (Fsp3) is 0.700. The van der Waals surface area contributed by atoms with Crippen LogP contribution in [0, 0.1) is 11.3 Å². The van der Waals surface area contributed by atoms with E-state index in [0.29, 0.717) is 18.9 Å². The summed E-state index contributed by atoms with van der Waals surface area (Å²) in [6, 6.07) is 2.10. The number of hydrogen-bond donors (Lipinski definition) is 1. The Hall–Kier alpha value is -1.41. The highest BCUT2D eigenvalue weighted by Crippen LogP contribution is 2.41. The molecule has 2 rings (SSSR count). The molecule has 1 aliphatic carbocycles. The lowest BCUT2D eigenvalue weighted by molar-refractivity contribution is 0.166. The van der Waals surface area contributed by atoms with Gasteiger partial charge >= 0.3 is 0 Å². The molecule has 1 heterocycles. The summed E-state index contributed by atoms with van der Waals surface area (Å²) in [4.78, 5) is 0. The molecule has 0 amide bonds. The van der Waals surface area contributed by atoms with Gasteiger partial charge in [-0.2, -0.15) is 5.26 Å². The van der Waals surface area contributed by atoms with E-state index in [2.05, 4.69) is 16.4 Å². The van der Waals surface area contributed by atoms with Crippen molar-refractivity contribution in [3.63, 3.8) is 0 Å². The van der Waals surface area contributed by atoms with Crippen LogP contribution in [0.3, 0.4) is 0 Å². The van der Waals surface area contributed by atoms with Gasteiger partial charge in [0.1, 0.15) is 5.69 Å². The highest BCUT2D eigenvalue weighted by Gasteiger charge is 2.31. The first kappa shape index (κ1) is 10.1. The second kappa shape index (κ2) is 3.99. The topological polar surface area (TPSA) is 74.7 Å². The van der Waals surface area contributed by atoms with Crippen LogP contribution in [0.4, 0.5) is 0 Å². The van der Waals surface area contributed by atoms with Gasteiger partial charge in [0.25, 0.3) is 0 Å². The molecule has 5 nitrogen and oxygen atoms in total. The molecule has 0 radical (unpaired) electrons. The summed E-state index contributed by atoms with van der Waals surface area (Å²) in [5.41, 5.74) is 1.83. The first-order chi connectivity index (χ1) is 7.22. The van der Waals surface area contributed by atoms with Crippen molar-refractivity contribution in [2.45, 2.75) is 44.8 Å². The molecule has 0 saturated heterocycles. The number of aliphatic hydroxyl groups is 1. The van der Waals surface area contributed by atoms with E-state index in [9.17, 15) is 5.11 Å². The van der Waals surface area contributed by atoms with Crippen molar-refractivity contribution < 1.29 is 5.11 Å². The molecule has 1 N–H and O–H groups in total. The molecular formula is C10H14N4O. The summed E-state index contributed by atoms with van der Waals surface area (Å²) in [6.07, 6.45) is 2.17. The molecule has 1 unspecified atom stereocenters. The van der Waals surface area contributed by atoms with Crippen molar-refractivity contribution in [1.29, 1.82) is 5.26 Å². The summed E-state index contributed by atoms with van der Waals surface area (Å²) < 4.78 is 1.75. The second-order valence-electron chi connectivity index (χ2n) is 4.06. The maximum absolute atomic E-state index is 9.32. The number of nitrogens with zero attached hydrogens (tertiary/aromatic N) is 4. The number of aromatic nitrogens is 3. The number of aliphatic hydroxyl groups excluding tert-OH is 1. The smallest absolute Gasteiger partial charge is 0.100 e. The van der Waals surface area contributed by atoms with Crippen molar-refractivity contribution in [2.75, 3.05) is 0 Å². The zero-order valence-electron chi connectivity index (χ0n) is 8.72. The molecule has 1 saturated carbocycles. The molecule has 0 aliphatic heterocycles. The van der Waals surface area contributed by atoms with E-state index in [4.69, 9.17) is 5.26 Å². The van der Waals surface area contributed by atoms with Crippen molar-refractivity contribution in [3.8, 4) is 6.07 Å². The van der Waals surface area contributed by atoms with Crippen LogP contribution in [-0.4, -0.2) is 26.2 Å². The number of nitriles is 1. The monoisotopic (exact) mass is 206 g/mol. The summed E-state index contributed by atoms with van der Waals surface area (Å²) in [5.74, 6) is 0.502. The van der Waals surface area contributed by atoms with E-state index < -0.39 is 6.10 Å². The highest BCUT2D eigenvalue weighted by atomic mass is 16.3. The van der Waals surface area contributed by atoms with Crippen molar-refractivity contribution in [2.24, 2.45) is 0 Å². The summed E-state index contributed by atoms with van der Waals surface area (Å²) in [5, 5.41) is 26.0. The molecule has 15 heavy (non-hydrogen) atoms. The van der Waals surface area contributed by atoms with Crippen molar-refractivity contribution in [3.05, 3.63) is 11.4 Å². The van der Waals surface area contributed by atoms with Gasteiger partial charge in [-0.1, -0.05) is 5.21 Å². The van der Waals surface area contributed by atoms with E-state index in [-0.39, 0.29) is 0 Å². The predicted octanol–water partition coefficient (Wildman–Crippen LogP) is 0.602. The first-order valence-corrected chi connectivity index (χ1v) is 5.19. The Morgan fingerprint density at radius 1 is 1.67 bits per heavy atom. The average Bonchev–Trinajstić information content (AvgIpc) is 2.92. The van der Waals surface area contributed by atoms with Gasteiger partial charge in [-0.15, -0.1) is 5.10 Å². The fourth-order valence-corrected chi connectivity index (χ4v) is 1.75. The Morgan fingerprint density at radius 3 is 2.93 bits per heavy atom. The minimum absolute atomic E-state index is 0.311. The van der Waals surface area contributed by atoms with E-state index in [1.165, 1.54) is 0 Å². The normalized spacial score (nSPS) is 17.4. The Morgan fingerprint density at radius 2 is 2.40 bits per heavy atom. The fourth-order valence-electron chi connectivity index (χ4n) is 1.75. The van der Waals surface area contributed by atoms with Gasteiger partial charge in [0.05, 0.1) is 30.8 Å². The zero-order valence-corrected chi connectivity index (χ0v) is 8.72. The maximum Gasteiger partial charge on any atom is 0.100 e. The lowest BCUT2D eigenvalue weighted by Gasteiger charge is -2.07. The van der Waals surface area contributed by atoms with Crippen LogP contribution >= 0.6 is 0 Å². The van der Waals surface area contributed by atoms with Gasteiger partial charge in [-0.25, -0.2) is 4.68 Å². The summed E-state index contributed by atoms with van der Waals surface area (Å²) in [7, 11) is 0. The third kappa shape index (κ3) is 2.16. The molecule has 1 aromatic heterocycles. The molecule has 1 aromatic rings. The second-order valence-corrected chi connectivity index (χ2v) is 4.06. The van der Waals surface area contributed by atoms with Gasteiger partial charge in [-0.3, -0.25) is 0 Å². The van der Waals surface area contributed by atoms with Crippen LogP contribution in [0.25, 0.3) is 0 Å². The van der Waals surface area contributed by atoms with Crippen LogP contribution in [0.2, 0.25) is 0 Å². The molecule has 80 valence electrons. The molecule has 1 fully saturated rings.